The van der Waals surface area contributed by atoms with Crippen molar-refractivity contribution in [3.8, 4) is 0 Å². The van der Waals surface area contributed by atoms with Crippen molar-refractivity contribution in [2.24, 2.45) is 5.84 Å². The van der Waals surface area contributed by atoms with E-state index in [2.05, 4.69) is 0 Å². The average molecular weight is 257 g/mol. The lowest BCUT2D eigenvalue weighted by molar-refractivity contribution is -0.132. The van der Waals surface area contributed by atoms with E-state index in [0.717, 1.165) is 5.01 Å². The molecule has 0 saturated heterocycles. The van der Waals surface area contributed by atoms with Crippen molar-refractivity contribution in [1.29, 1.82) is 0 Å². The fourth-order valence-corrected chi connectivity index (χ4v) is 2.47. The second-order valence-corrected chi connectivity index (χ2v) is 4.99. The first kappa shape index (κ1) is 12.3. The number of nitrogens with zero attached hydrogens (tertiary/aromatic N) is 1. The minimum atomic E-state index is -0.713. The first-order valence-corrected chi connectivity index (χ1v) is 5.75. The third-order valence-electron chi connectivity index (χ3n) is 3.24. The maximum absolute atomic E-state index is 13.6. The van der Waals surface area contributed by atoms with Gasteiger partial charge in [0, 0.05) is 12.1 Å². The van der Waals surface area contributed by atoms with E-state index in [1.54, 1.807) is 13.0 Å². The Morgan fingerprint density at radius 2 is 2.12 bits per heavy atom. The molecule has 0 aliphatic heterocycles. The van der Waals surface area contributed by atoms with E-state index in [-0.39, 0.29) is 11.7 Å². The highest BCUT2D eigenvalue weighted by Crippen LogP contribution is 2.51. The molecule has 0 atom stereocenters. The summed E-state index contributed by atoms with van der Waals surface area (Å²) < 4.78 is 13.6. The van der Waals surface area contributed by atoms with Crippen LogP contribution in [-0.2, 0) is 10.2 Å². The number of carbonyl (C=O) groups excluding carboxylic acids is 1. The minimum Gasteiger partial charge on any atom is -0.283 e. The first-order valence-electron chi connectivity index (χ1n) is 5.37. The SMILES string of the molecule is Cc1cc(Cl)c(C2(C(=O)N(C)N)CC2)cc1F. The molecule has 1 saturated carbocycles. The maximum Gasteiger partial charge on any atom is 0.246 e. The van der Waals surface area contributed by atoms with E-state index < -0.39 is 5.41 Å². The molecule has 5 heteroatoms. The highest BCUT2D eigenvalue weighted by Gasteiger charge is 2.53. The van der Waals surface area contributed by atoms with E-state index in [9.17, 15) is 9.18 Å². The summed E-state index contributed by atoms with van der Waals surface area (Å²) in [6, 6.07) is 2.90. The molecule has 0 radical (unpaired) electrons. The Hall–Kier alpha value is -1.13. The van der Waals surface area contributed by atoms with Crippen molar-refractivity contribution in [2.75, 3.05) is 7.05 Å². The van der Waals surface area contributed by atoms with Crippen LogP contribution in [0.4, 0.5) is 4.39 Å². The van der Waals surface area contributed by atoms with Crippen molar-refractivity contribution >= 4 is 17.5 Å². The molecule has 0 aromatic heterocycles. The molecule has 1 fully saturated rings. The molecule has 2 N–H and O–H groups in total. The van der Waals surface area contributed by atoms with Gasteiger partial charge in [-0.25, -0.2) is 10.2 Å². The van der Waals surface area contributed by atoms with Crippen LogP contribution in [0.25, 0.3) is 0 Å². The topological polar surface area (TPSA) is 46.3 Å². The maximum atomic E-state index is 13.6. The zero-order valence-electron chi connectivity index (χ0n) is 9.76. The van der Waals surface area contributed by atoms with Gasteiger partial charge in [-0.15, -0.1) is 0 Å². The summed E-state index contributed by atoms with van der Waals surface area (Å²) in [6.45, 7) is 1.64. The lowest BCUT2D eigenvalue weighted by Gasteiger charge is -2.21. The number of hydrogen-bond donors (Lipinski definition) is 1. The van der Waals surface area contributed by atoms with Gasteiger partial charge < -0.3 is 0 Å². The third-order valence-corrected chi connectivity index (χ3v) is 3.56. The highest BCUT2D eigenvalue weighted by molar-refractivity contribution is 6.32. The number of hydrogen-bond acceptors (Lipinski definition) is 2. The number of carbonyl (C=O) groups is 1. The Kier molecular flexibility index (Phi) is 2.87. The van der Waals surface area contributed by atoms with E-state index in [1.165, 1.54) is 13.1 Å². The Bertz CT molecular complexity index is 484. The predicted octanol–water partition coefficient (Wildman–Crippen LogP) is 2.15. The Labute approximate surface area is 104 Å². The van der Waals surface area contributed by atoms with Gasteiger partial charge in [0.15, 0.2) is 0 Å². The average Bonchev–Trinajstić information content (AvgIpc) is 3.03. The zero-order valence-corrected chi connectivity index (χ0v) is 10.5. The smallest absolute Gasteiger partial charge is 0.246 e. The van der Waals surface area contributed by atoms with Gasteiger partial charge in [0.05, 0.1) is 5.41 Å². The molecule has 0 heterocycles. The highest BCUT2D eigenvalue weighted by atomic mass is 35.5. The molecule has 2 rings (SSSR count). The van der Waals surface area contributed by atoms with E-state index in [4.69, 9.17) is 17.4 Å². The minimum absolute atomic E-state index is 0.220. The van der Waals surface area contributed by atoms with Crippen LogP contribution >= 0.6 is 11.6 Å². The molecule has 1 amide bonds. The predicted molar refractivity (Wildman–Crippen MR) is 64.0 cm³/mol. The van der Waals surface area contributed by atoms with Gasteiger partial charge >= 0.3 is 0 Å². The van der Waals surface area contributed by atoms with Crippen molar-refractivity contribution < 1.29 is 9.18 Å². The molecule has 1 aromatic rings. The van der Waals surface area contributed by atoms with E-state index >= 15 is 0 Å². The van der Waals surface area contributed by atoms with Gasteiger partial charge in [-0.05, 0) is 43.0 Å². The van der Waals surface area contributed by atoms with Crippen molar-refractivity contribution in [3.05, 3.63) is 34.1 Å². The molecular formula is C12H14ClFN2O. The molecule has 0 bridgehead atoms. The molecule has 0 spiro atoms. The molecule has 0 unspecified atom stereocenters. The summed E-state index contributed by atoms with van der Waals surface area (Å²) in [6.07, 6.45) is 1.32. The molecule has 17 heavy (non-hydrogen) atoms. The van der Waals surface area contributed by atoms with E-state index in [1.807, 2.05) is 0 Å². The fraction of sp³-hybridized carbons (Fsp3) is 0.417. The van der Waals surface area contributed by atoms with Crippen LogP contribution in [0.5, 0.6) is 0 Å². The number of benzene rings is 1. The zero-order chi connectivity index (χ0) is 12.8. The number of rotatable bonds is 2. The number of hydrazine groups is 1. The summed E-state index contributed by atoms with van der Waals surface area (Å²) in [5.74, 6) is 4.90. The van der Waals surface area contributed by atoms with Crippen molar-refractivity contribution in [2.45, 2.75) is 25.2 Å². The van der Waals surface area contributed by atoms with Crippen LogP contribution < -0.4 is 5.84 Å². The second-order valence-electron chi connectivity index (χ2n) is 4.58. The standard InChI is InChI=1S/C12H14ClFN2O/c1-7-5-9(13)8(6-10(7)14)12(3-4-12)11(17)16(2)15/h5-6H,3-4,15H2,1-2H3. The first-order chi connectivity index (χ1) is 7.88. The molecule has 92 valence electrons. The van der Waals surface area contributed by atoms with Crippen molar-refractivity contribution in [3.63, 3.8) is 0 Å². The van der Waals surface area contributed by atoms with Gasteiger partial charge in [-0.1, -0.05) is 11.6 Å². The second kappa shape index (κ2) is 3.96. The number of aryl methyl sites for hydroxylation is 1. The molecule has 3 nitrogen and oxygen atoms in total. The largest absolute Gasteiger partial charge is 0.283 e. The van der Waals surface area contributed by atoms with Crippen LogP contribution in [0, 0.1) is 12.7 Å². The van der Waals surface area contributed by atoms with Crippen LogP contribution in [0.15, 0.2) is 12.1 Å². The third kappa shape index (κ3) is 1.91. The van der Waals surface area contributed by atoms with Crippen molar-refractivity contribution in [1.82, 2.24) is 5.01 Å². The Morgan fingerprint density at radius 3 is 2.59 bits per heavy atom. The van der Waals surface area contributed by atoms with Gasteiger partial charge in [-0.3, -0.25) is 9.80 Å². The number of amides is 1. The van der Waals surface area contributed by atoms with Gasteiger partial charge in [0.1, 0.15) is 5.82 Å². The Balaban J connectivity index is 2.48. The van der Waals surface area contributed by atoms with Crippen LogP contribution in [0.3, 0.4) is 0 Å². The molecule has 1 aliphatic carbocycles. The van der Waals surface area contributed by atoms with Gasteiger partial charge in [0.25, 0.3) is 0 Å². The molecular weight excluding hydrogens is 243 g/mol. The monoisotopic (exact) mass is 256 g/mol. The summed E-state index contributed by atoms with van der Waals surface area (Å²) >= 11 is 6.10. The summed E-state index contributed by atoms with van der Waals surface area (Å²) in [5.41, 5.74) is 0.308. The molecule has 1 aliphatic rings. The van der Waals surface area contributed by atoms with Crippen LogP contribution in [0.1, 0.15) is 24.0 Å². The van der Waals surface area contributed by atoms with Gasteiger partial charge in [-0.2, -0.15) is 0 Å². The summed E-state index contributed by atoms with van der Waals surface area (Å²) in [7, 11) is 1.49. The fourth-order valence-electron chi connectivity index (χ4n) is 2.07. The number of halogens is 2. The molecule has 1 aromatic carbocycles. The number of nitrogens with two attached hydrogens (primary N) is 1. The van der Waals surface area contributed by atoms with Crippen LogP contribution in [0.2, 0.25) is 5.02 Å². The lowest BCUT2D eigenvalue weighted by atomic mass is 9.93. The van der Waals surface area contributed by atoms with Crippen LogP contribution in [-0.4, -0.2) is 18.0 Å². The number of likely N-dealkylation sites (N-methyl/N-ethyl adjacent to an activating group) is 1. The summed E-state index contributed by atoms with van der Waals surface area (Å²) in [5, 5.41) is 1.47. The summed E-state index contributed by atoms with van der Waals surface area (Å²) in [4.78, 5) is 12.0. The lowest BCUT2D eigenvalue weighted by Crippen LogP contribution is -2.41. The Morgan fingerprint density at radius 1 is 1.53 bits per heavy atom. The normalized spacial score (nSPS) is 16.8. The quantitative estimate of drug-likeness (QED) is 0.501. The van der Waals surface area contributed by atoms with Gasteiger partial charge in [0.2, 0.25) is 5.91 Å². The van der Waals surface area contributed by atoms with E-state index in [0.29, 0.717) is 29.0 Å².